The Bertz CT molecular complexity index is 602. The SMILES string of the molecule is COC(C(=O)N1CCC(C(=O)N2CCCC2)CC1)c1ccc(O)cc1. The molecular formula is C19H26N2O4. The molecule has 1 aromatic rings. The number of nitrogens with zero attached hydrogens (tertiary/aromatic N) is 2. The molecule has 0 spiro atoms. The van der Waals surface area contributed by atoms with E-state index in [4.69, 9.17) is 4.74 Å². The first-order valence-corrected chi connectivity index (χ1v) is 8.99. The van der Waals surface area contributed by atoms with Gasteiger partial charge in [-0.15, -0.1) is 0 Å². The third-order valence-electron chi connectivity index (χ3n) is 5.23. The molecule has 1 atom stereocenters. The normalized spacial score (nSPS) is 19.9. The quantitative estimate of drug-likeness (QED) is 0.904. The van der Waals surface area contributed by atoms with E-state index in [0.717, 1.165) is 31.5 Å². The van der Waals surface area contributed by atoms with Crippen molar-refractivity contribution in [3.63, 3.8) is 0 Å². The lowest BCUT2D eigenvalue weighted by Crippen LogP contribution is -2.45. The molecule has 2 fully saturated rings. The monoisotopic (exact) mass is 346 g/mol. The van der Waals surface area contributed by atoms with Crippen LogP contribution in [0.2, 0.25) is 0 Å². The molecule has 0 radical (unpaired) electrons. The zero-order valence-corrected chi connectivity index (χ0v) is 14.7. The van der Waals surface area contributed by atoms with Gasteiger partial charge in [-0.1, -0.05) is 12.1 Å². The number of carbonyl (C=O) groups excluding carboxylic acids is 2. The number of ether oxygens (including phenoxy) is 1. The van der Waals surface area contributed by atoms with Crippen molar-refractivity contribution in [1.29, 1.82) is 0 Å². The summed E-state index contributed by atoms with van der Waals surface area (Å²) in [6.45, 7) is 2.93. The first kappa shape index (κ1) is 17.7. The minimum Gasteiger partial charge on any atom is -0.508 e. The van der Waals surface area contributed by atoms with Crippen molar-refractivity contribution >= 4 is 11.8 Å². The van der Waals surface area contributed by atoms with E-state index in [2.05, 4.69) is 0 Å². The van der Waals surface area contributed by atoms with Crippen LogP contribution in [0, 0.1) is 5.92 Å². The minimum absolute atomic E-state index is 0.0387. The number of rotatable bonds is 4. The van der Waals surface area contributed by atoms with Gasteiger partial charge in [-0.25, -0.2) is 0 Å². The molecule has 2 aliphatic rings. The van der Waals surface area contributed by atoms with Gasteiger partial charge in [0.05, 0.1) is 0 Å². The topological polar surface area (TPSA) is 70.1 Å². The molecule has 2 saturated heterocycles. The molecule has 0 aromatic heterocycles. The van der Waals surface area contributed by atoms with E-state index in [1.165, 1.54) is 7.11 Å². The highest BCUT2D eigenvalue weighted by molar-refractivity contribution is 5.83. The lowest BCUT2D eigenvalue weighted by atomic mass is 9.94. The summed E-state index contributed by atoms with van der Waals surface area (Å²) in [5, 5.41) is 9.40. The summed E-state index contributed by atoms with van der Waals surface area (Å²) in [7, 11) is 1.51. The summed E-state index contributed by atoms with van der Waals surface area (Å²) in [6.07, 6.45) is 2.96. The van der Waals surface area contributed by atoms with Gasteiger partial charge >= 0.3 is 0 Å². The maximum absolute atomic E-state index is 12.8. The molecule has 0 aliphatic carbocycles. The van der Waals surface area contributed by atoms with Crippen molar-refractivity contribution in [2.75, 3.05) is 33.3 Å². The number of benzene rings is 1. The Morgan fingerprint density at radius 1 is 1.04 bits per heavy atom. The van der Waals surface area contributed by atoms with Gasteiger partial charge in [-0.2, -0.15) is 0 Å². The van der Waals surface area contributed by atoms with Crippen LogP contribution in [0.5, 0.6) is 5.75 Å². The maximum Gasteiger partial charge on any atom is 0.256 e. The van der Waals surface area contributed by atoms with Crippen molar-refractivity contribution in [3.8, 4) is 5.75 Å². The number of amides is 2. The summed E-state index contributed by atoms with van der Waals surface area (Å²) in [5.74, 6) is 0.371. The van der Waals surface area contributed by atoms with Gasteiger partial charge in [0.2, 0.25) is 5.91 Å². The summed E-state index contributed by atoms with van der Waals surface area (Å²) in [5.41, 5.74) is 0.723. The molecule has 2 aliphatic heterocycles. The number of phenolic OH excluding ortho intramolecular Hbond substituents is 1. The van der Waals surface area contributed by atoms with E-state index < -0.39 is 6.10 Å². The summed E-state index contributed by atoms with van der Waals surface area (Å²) >= 11 is 0. The Balaban J connectivity index is 1.58. The molecule has 1 unspecified atom stereocenters. The van der Waals surface area contributed by atoms with Gasteiger partial charge in [-0.05, 0) is 43.4 Å². The number of phenols is 1. The lowest BCUT2D eigenvalue weighted by molar-refractivity contribution is -0.146. The van der Waals surface area contributed by atoms with Crippen LogP contribution < -0.4 is 0 Å². The molecule has 6 heteroatoms. The molecule has 1 N–H and O–H groups in total. The number of methoxy groups -OCH3 is 1. The zero-order valence-electron chi connectivity index (χ0n) is 14.7. The summed E-state index contributed by atoms with van der Waals surface area (Å²) in [4.78, 5) is 29.0. The van der Waals surface area contributed by atoms with Gasteiger partial charge in [0, 0.05) is 39.2 Å². The number of hydrogen-bond donors (Lipinski definition) is 1. The van der Waals surface area contributed by atoms with Crippen molar-refractivity contribution in [2.45, 2.75) is 31.8 Å². The molecule has 1 aromatic carbocycles. The number of piperidine rings is 1. The Morgan fingerprint density at radius 2 is 1.64 bits per heavy atom. The number of aromatic hydroxyl groups is 1. The minimum atomic E-state index is -0.675. The van der Waals surface area contributed by atoms with Crippen LogP contribution in [-0.2, 0) is 14.3 Å². The predicted molar refractivity (Wildman–Crippen MR) is 93.0 cm³/mol. The smallest absolute Gasteiger partial charge is 0.256 e. The molecule has 2 heterocycles. The summed E-state index contributed by atoms with van der Waals surface area (Å²) < 4.78 is 5.40. The first-order chi connectivity index (χ1) is 12.1. The lowest BCUT2D eigenvalue weighted by Gasteiger charge is -2.34. The Kier molecular flexibility index (Phi) is 5.58. The van der Waals surface area contributed by atoms with Crippen LogP contribution in [0.3, 0.4) is 0 Å². The highest BCUT2D eigenvalue weighted by Gasteiger charge is 2.33. The Labute approximate surface area is 148 Å². The molecule has 25 heavy (non-hydrogen) atoms. The van der Waals surface area contributed by atoms with E-state index in [-0.39, 0.29) is 23.5 Å². The standard InChI is InChI=1S/C19H26N2O4/c1-25-17(14-4-6-16(22)7-5-14)19(24)21-12-8-15(9-13-21)18(23)20-10-2-3-11-20/h4-7,15,17,22H,2-3,8-13H2,1H3. The fourth-order valence-corrected chi connectivity index (χ4v) is 3.74. The van der Waals surface area contributed by atoms with Gasteiger partial charge in [0.15, 0.2) is 6.10 Å². The van der Waals surface area contributed by atoms with Crippen molar-refractivity contribution in [2.24, 2.45) is 5.92 Å². The van der Waals surface area contributed by atoms with Crippen molar-refractivity contribution in [3.05, 3.63) is 29.8 Å². The second kappa shape index (κ2) is 7.87. The van der Waals surface area contributed by atoms with E-state index in [1.807, 2.05) is 4.90 Å². The Morgan fingerprint density at radius 3 is 2.20 bits per heavy atom. The fraction of sp³-hybridized carbons (Fsp3) is 0.579. The van der Waals surface area contributed by atoms with Crippen LogP contribution in [0.15, 0.2) is 24.3 Å². The molecule has 6 nitrogen and oxygen atoms in total. The van der Waals surface area contributed by atoms with Crippen LogP contribution in [0.25, 0.3) is 0 Å². The summed E-state index contributed by atoms with van der Waals surface area (Å²) in [6, 6.07) is 6.50. The molecule has 3 rings (SSSR count). The predicted octanol–water partition coefficient (Wildman–Crippen LogP) is 1.94. The highest BCUT2D eigenvalue weighted by atomic mass is 16.5. The molecule has 2 amide bonds. The zero-order chi connectivity index (χ0) is 17.8. The van der Waals surface area contributed by atoms with Crippen molar-refractivity contribution in [1.82, 2.24) is 9.80 Å². The number of likely N-dealkylation sites (tertiary alicyclic amines) is 2. The number of hydrogen-bond acceptors (Lipinski definition) is 4. The van der Waals surface area contributed by atoms with E-state index in [9.17, 15) is 14.7 Å². The molecular weight excluding hydrogens is 320 g/mol. The van der Waals surface area contributed by atoms with Gasteiger partial charge < -0.3 is 19.6 Å². The van der Waals surface area contributed by atoms with Gasteiger partial charge in [0.25, 0.3) is 5.91 Å². The van der Waals surface area contributed by atoms with Gasteiger partial charge in [0.1, 0.15) is 5.75 Å². The molecule has 0 saturated carbocycles. The largest absolute Gasteiger partial charge is 0.508 e. The van der Waals surface area contributed by atoms with Crippen LogP contribution in [0.1, 0.15) is 37.4 Å². The average molecular weight is 346 g/mol. The van der Waals surface area contributed by atoms with Crippen LogP contribution >= 0.6 is 0 Å². The molecule has 0 bridgehead atoms. The van der Waals surface area contributed by atoms with E-state index in [0.29, 0.717) is 25.9 Å². The Hall–Kier alpha value is -2.08. The maximum atomic E-state index is 12.8. The second-order valence-corrected chi connectivity index (χ2v) is 6.84. The van der Waals surface area contributed by atoms with Gasteiger partial charge in [-0.3, -0.25) is 9.59 Å². The van der Waals surface area contributed by atoms with Crippen molar-refractivity contribution < 1.29 is 19.4 Å². The van der Waals surface area contributed by atoms with E-state index in [1.54, 1.807) is 29.2 Å². The highest BCUT2D eigenvalue weighted by Crippen LogP contribution is 2.26. The van der Waals surface area contributed by atoms with Crippen LogP contribution in [-0.4, -0.2) is 60.0 Å². The second-order valence-electron chi connectivity index (χ2n) is 6.84. The average Bonchev–Trinajstić information content (AvgIpc) is 3.18. The van der Waals surface area contributed by atoms with Crippen LogP contribution in [0.4, 0.5) is 0 Å². The van der Waals surface area contributed by atoms with E-state index >= 15 is 0 Å². The first-order valence-electron chi connectivity index (χ1n) is 8.99. The third kappa shape index (κ3) is 3.95. The number of carbonyl (C=O) groups is 2. The molecule has 136 valence electrons. The third-order valence-corrected chi connectivity index (χ3v) is 5.23. The fourth-order valence-electron chi connectivity index (χ4n) is 3.74.